The van der Waals surface area contributed by atoms with E-state index in [4.69, 9.17) is 4.74 Å². The molecule has 1 N–H and O–H groups in total. The van der Waals surface area contributed by atoms with E-state index < -0.39 is 0 Å². The van der Waals surface area contributed by atoms with Gasteiger partial charge in [0.15, 0.2) is 0 Å². The standard InChI is InChI=1S/C14H20N2O2/c1-10-7-13(9-16(10)2)15-12-6-4-5-11(8-12)14(17)18-3/h4-6,8,10,13,15H,7,9H2,1-3H3. The van der Waals surface area contributed by atoms with E-state index in [2.05, 4.69) is 24.2 Å². The summed E-state index contributed by atoms with van der Waals surface area (Å²) >= 11 is 0. The number of benzene rings is 1. The van der Waals surface area contributed by atoms with Crippen molar-refractivity contribution >= 4 is 11.7 Å². The first-order valence-electron chi connectivity index (χ1n) is 6.25. The monoisotopic (exact) mass is 248 g/mol. The Balaban J connectivity index is 2.04. The lowest BCUT2D eigenvalue weighted by Crippen LogP contribution is -2.24. The number of ether oxygens (including phenoxy) is 1. The van der Waals surface area contributed by atoms with Gasteiger partial charge in [0.2, 0.25) is 0 Å². The molecule has 0 aliphatic carbocycles. The van der Waals surface area contributed by atoms with Crippen molar-refractivity contribution in [2.45, 2.75) is 25.4 Å². The number of hydrogen-bond donors (Lipinski definition) is 1. The summed E-state index contributed by atoms with van der Waals surface area (Å²) in [5, 5.41) is 3.47. The molecule has 98 valence electrons. The molecule has 0 spiro atoms. The van der Waals surface area contributed by atoms with Crippen LogP contribution in [0, 0.1) is 0 Å². The van der Waals surface area contributed by atoms with Crippen LogP contribution in [0.1, 0.15) is 23.7 Å². The van der Waals surface area contributed by atoms with Gasteiger partial charge in [0.05, 0.1) is 12.7 Å². The molecule has 2 rings (SSSR count). The second-order valence-electron chi connectivity index (χ2n) is 4.94. The van der Waals surface area contributed by atoms with E-state index in [0.29, 0.717) is 17.6 Å². The average molecular weight is 248 g/mol. The summed E-state index contributed by atoms with van der Waals surface area (Å²) in [7, 11) is 3.53. The molecule has 1 aromatic rings. The van der Waals surface area contributed by atoms with Crippen molar-refractivity contribution in [1.82, 2.24) is 4.90 Å². The summed E-state index contributed by atoms with van der Waals surface area (Å²) in [6, 6.07) is 8.51. The lowest BCUT2D eigenvalue weighted by molar-refractivity contribution is 0.0601. The van der Waals surface area contributed by atoms with Crippen LogP contribution in [-0.2, 0) is 4.74 Å². The van der Waals surface area contributed by atoms with Crippen LogP contribution in [0.2, 0.25) is 0 Å². The smallest absolute Gasteiger partial charge is 0.337 e. The lowest BCUT2D eigenvalue weighted by Gasteiger charge is -2.14. The Hall–Kier alpha value is -1.55. The fourth-order valence-electron chi connectivity index (χ4n) is 2.39. The second kappa shape index (κ2) is 5.40. The third-order valence-corrected chi connectivity index (χ3v) is 3.54. The Morgan fingerprint density at radius 1 is 1.50 bits per heavy atom. The number of nitrogens with one attached hydrogen (secondary N) is 1. The number of likely N-dealkylation sites (tertiary alicyclic amines) is 1. The topological polar surface area (TPSA) is 41.6 Å². The minimum atomic E-state index is -0.296. The minimum Gasteiger partial charge on any atom is -0.465 e. The van der Waals surface area contributed by atoms with Crippen molar-refractivity contribution in [2.75, 3.05) is 26.0 Å². The van der Waals surface area contributed by atoms with Gasteiger partial charge in [-0.3, -0.25) is 0 Å². The zero-order valence-corrected chi connectivity index (χ0v) is 11.1. The lowest BCUT2D eigenvalue weighted by atomic mass is 10.1. The number of rotatable bonds is 3. The molecule has 1 saturated heterocycles. The van der Waals surface area contributed by atoms with E-state index in [1.165, 1.54) is 7.11 Å². The Labute approximate surface area is 108 Å². The van der Waals surface area contributed by atoms with Gasteiger partial charge in [0.1, 0.15) is 0 Å². The number of methoxy groups -OCH3 is 1. The normalized spacial score (nSPS) is 23.9. The fraction of sp³-hybridized carbons (Fsp3) is 0.500. The summed E-state index contributed by atoms with van der Waals surface area (Å²) in [5.41, 5.74) is 1.56. The van der Waals surface area contributed by atoms with Crippen molar-refractivity contribution in [3.8, 4) is 0 Å². The molecule has 18 heavy (non-hydrogen) atoms. The number of esters is 1. The maximum Gasteiger partial charge on any atom is 0.337 e. The van der Waals surface area contributed by atoms with Gasteiger partial charge in [-0.15, -0.1) is 0 Å². The molecule has 0 aromatic heterocycles. The van der Waals surface area contributed by atoms with Crippen LogP contribution in [0.5, 0.6) is 0 Å². The van der Waals surface area contributed by atoms with Gasteiger partial charge in [-0.1, -0.05) is 6.07 Å². The van der Waals surface area contributed by atoms with Crippen LogP contribution in [0.15, 0.2) is 24.3 Å². The maximum atomic E-state index is 11.4. The highest BCUT2D eigenvalue weighted by atomic mass is 16.5. The molecule has 2 unspecified atom stereocenters. The van der Waals surface area contributed by atoms with Gasteiger partial charge < -0.3 is 15.0 Å². The van der Waals surface area contributed by atoms with Crippen molar-refractivity contribution in [2.24, 2.45) is 0 Å². The number of carbonyl (C=O) groups excluding carboxylic acids is 1. The van der Waals surface area contributed by atoms with E-state index in [0.717, 1.165) is 18.7 Å². The number of likely N-dealkylation sites (N-methyl/N-ethyl adjacent to an activating group) is 1. The minimum absolute atomic E-state index is 0.296. The Morgan fingerprint density at radius 3 is 2.89 bits per heavy atom. The van der Waals surface area contributed by atoms with Crippen LogP contribution in [0.25, 0.3) is 0 Å². The summed E-state index contributed by atoms with van der Waals surface area (Å²) in [4.78, 5) is 13.8. The van der Waals surface area contributed by atoms with Gasteiger partial charge in [0, 0.05) is 24.3 Å². The number of anilines is 1. The van der Waals surface area contributed by atoms with Crippen molar-refractivity contribution in [1.29, 1.82) is 0 Å². The zero-order chi connectivity index (χ0) is 13.1. The molecule has 1 aliphatic rings. The van der Waals surface area contributed by atoms with E-state index in [1.54, 1.807) is 6.07 Å². The van der Waals surface area contributed by atoms with E-state index in [9.17, 15) is 4.79 Å². The quantitative estimate of drug-likeness (QED) is 0.830. The third-order valence-electron chi connectivity index (χ3n) is 3.54. The molecule has 1 fully saturated rings. The summed E-state index contributed by atoms with van der Waals surface area (Å²) < 4.78 is 4.72. The molecular weight excluding hydrogens is 228 g/mol. The second-order valence-corrected chi connectivity index (χ2v) is 4.94. The molecule has 0 saturated carbocycles. The molecule has 1 aromatic carbocycles. The summed E-state index contributed by atoms with van der Waals surface area (Å²) in [6.45, 7) is 3.26. The SMILES string of the molecule is COC(=O)c1cccc(NC2CC(C)N(C)C2)c1. The van der Waals surface area contributed by atoms with E-state index in [-0.39, 0.29) is 5.97 Å². The van der Waals surface area contributed by atoms with Gasteiger partial charge in [0.25, 0.3) is 0 Å². The Kier molecular flexibility index (Phi) is 3.87. The molecule has 4 nitrogen and oxygen atoms in total. The first-order valence-corrected chi connectivity index (χ1v) is 6.25. The third kappa shape index (κ3) is 2.82. The Bertz CT molecular complexity index is 424. The van der Waals surface area contributed by atoms with E-state index >= 15 is 0 Å². The highest BCUT2D eigenvalue weighted by Crippen LogP contribution is 2.20. The molecule has 0 amide bonds. The van der Waals surface area contributed by atoms with Crippen LogP contribution in [-0.4, -0.2) is 43.7 Å². The molecule has 1 heterocycles. The predicted octanol–water partition coefficient (Wildman–Crippen LogP) is 1.98. The van der Waals surface area contributed by atoms with Gasteiger partial charge in [-0.25, -0.2) is 4.79 Å². The van der Waals surface area contributed by atoms with Gasteiger partial charge in [-0.2, -0.15) is 0 Å². The van der Waals surface area contributed by atoms with Gasteiger partial charge >= 0.3 is 5.97 Å². The maximum absolute atomic E-state index is 11.4. The highest BCUT2D eigenvalue weighted by Gasteiger charge is 2.25. The first-order chi connectivity index (χ1) is 8.60. The van der Waals surface area contributed by atoms with Crippen molar-refractivity contribution in [3.05, 3.63) is 29.8 Å². The largest absolute Gasteiger partial charge is 0.465 e. The number of nitrogens with zero attached hydrogens (tertiary/aromatic N) is 1. The van der Waals surface area contributed by atoms with Crippen molar-refractivity contribution in [3.63, 3.8) is 0 Å². The fourth-order valence-corrected chi connectivity index (χ4v) is 2.39. The average Bonchev–Trinajstić information content (AvgIpc) is 2.67. The van der Waals surface area contributed by atoms with Crippen molar-refractivity contribution < 1.29 is 9.53 Å². The molecule has 1 aliphatic heterocycles. The number of carbonyl (C=O) groups is 1. The first kappa shape index (κ1) is 12.9. The summed E-state index contributed by atoms with van der Waals surface area (Å²) in [6.07, 6.45) is 1.12. The summed E-state index contributed by atoms with van der Waals surface area (Å²) in [5.74, 6) is -0.296. The van der Waals surface area contributed by atoms with Crippen LogP contribution < -0.4 is 5.32 Å². The van der Waals surface area contributed by atoms with Crippen LogP contribution in [0.4, 0.5) is 5.69 Å². The van der Waals surface area contributed by atoms with Crippen LogP contribution >= 0.6 is 0 Å². The molecule has 2 atom stereocenters. The molecule has 0 radical (unpaired) electrons. The van der Waals surface area contributed by atoms with Crippen LogP contribution in [0.3, 0.4) is 0 Å². The number of hydrogen-bond acceptors (Lipinski definition) is 4. The predicted molar refractivity (Wildman–Crippen MR) is 71.9 cm³/mol. The molecular formula is C14H20N2O2. The zero-order valence-electron chi connectivity index (χ0n) is 11.1. The molecule has 4 heteroatoms. The Morgan fingerprint density at radius 2 is 2.28 bits per heavy atom. The molecule has 0 bridgehead atoms. The van der Waals surface area contributed by atoms with E-state index in [1.807, 2.05) is 18.2 Å². The highest BCUT2D eigenvalue weighted by molar-refractivity contribution is 5.90. The van der Waals surface area contributed by atoms with Gasteiger partial charge in [-0.05, 0) is 38.6 Å².